The Kier molecular flexibility index (Phi) is 4.64. The molecule has 2 aliphatic rings. The van der Waals surface area contributed by atoms with Crippen LogP contribution in [0.1, 0.15) is 17.2 Å². The van der Waals surface area contributed by atoms with Gasteiger partial charge in [0.25, 0.3) is 0 Å². The maximum Gasteiger partial charge on any atom is 0.408 e. The average molecular weight is 406 g/mol. The summed E-state index contributed by atoms with van der Waals surface area (Å²) in [6, 6.07) is 6.43. The molecule has 0 aliphatic carbocycles. The Morgan fingerprint density at radius 3 is 2.62 bits per heavy atom. The third-order valence-electron chi connectivity index (χ3n) is 4.72. The van der Waals surface area contributed by atoms with Gasteiger partial charge in [-0.05, 0) is 18.6 Å². The Balaban J connectivity index is 1.69. The molecule has 0 saturated heterocycles. The Hall–Kier alpha value is -3.17. The fourth-order valence-electron chi connectivity index (χ4n) is 3.38. The monoisotopic (exact) mass is 406 g/mol. The molecule has 1 aromatic heterocycles. The largest absolute Gasteiger partial charge is 0.408 e. The van der Waals surface area contributed by atoms with Gasteiger partial charge in [-0.2, -0.15) is 13.2 Å². The summed E-state index contributed by atoms with van der Waals surface area (Å²) in [6.45, 7) is 0.238. The predicted octanol–water partition coefficient (Wildman–Crippen LogP) is 3.33. The summed E-state index contributed by atoms with van der Waals surface area (Å²) in [5.41, 5.74) is 1.46. The van der Waals surface area contributed by atoms with Gasteiger partial charge in [-0.25, -0.2) is 19.0 Å². The normalized spacial score (nSPS) is 18.8. The van der Waals surface area contributed by atoms with E-state index in [9.17, 15) is 17.6 Å². The first-order chi connectivity index (χ1) is 13.7. The predicted molar refractivity (Wildman–Crippen MR) is 98.9 cm³/mol. The number of aliphatic imine (C=N–C) groups is 1. The smallest absolute Gasteiger partial charge is 0.354 e. The van der Waals surface area contributed by atoms with Crippen molar-refractivity contribution in [3.05, 3.63) is 65.9 Å². The average Bonchev–Trinajstić information content (AvgIpc) is 3.19. The molecule has 152 valence electrons. The second-order valence-corrected chi connectivity index (χ2v) is 6.93. The zero-order valence-corrected chi connectivity index (χ0v) is 15.7. The van der Waals surface area contributed by atoms with Crippen molar-refractivity contribution in [2.45, 2.75) is 32.2 Å². The molecule has 0 bridgehead atoms. The molecule has 0 saturated carbocycles. The minimum absolute atomic E-state index is 0.0965. The molecular weight excluding hydrogens is 388 g/mol. The highest BCUT2D eigenvalue weighted by Crippen LogP contribution is 2.28. The molecule has 0 N–H and O–H groups in total. The third kappa shape index (κ3) is 3.87. The van der Waals surface area contributed by atoms with Gasteiger partial charge in [0.2, 0.25) is 5.82 Å². The molecule has 10 heteroatoms. The van der Waals surface area contributed by atoms with E-state index in [0.29, 0.717) is 17.0 Å². The lowest BCUT2D eigenvalue weighted by Crippen LogP contribution is -2.43. The quantitative estimate of drug-likeness (QED) is 0.731. The Labute approximate surface area is 164 Å². The number of aryl methyl sites for hydroxylation is 1. The van der Waals surface area contributed by atoms with Gasteiger partial charge >= 0.3 is 6.18 Å². The molecule has 4 rings (SSSR count). The number of fused-ring (bicyclic) bond motifs is 1. The minimum atomic E-state index is -4.40. The fraction of sp³-hybridized carbons (Fsp3) is 0.316. The number of nitrogens with zero attached hydrogens (tertiary/aromatic N) is 6. The van der Waals surface area contributed by atoms with Crippen molar-refractivity contribution in [2.24, 2.45) is 4.99 Å². The summed E-state index contributed by atoms with van der Waals surface area (Å²) in [4.78, 5) is 12.5. The van der Waals surface area contributed by atoms with Crippen molar-refractivity contribution in [3.8, 4) is 0 Å². The number of benzene rings is 1. The molecule has 0 spiro atoms. The van der Waals surface area contributed by atoms with E-state index in [1.807, 2.05) is 29.2 Å². The summed E-state index contributed by atoms with van der Waals surface area (Å²) in [5, 5.41) is 3.98. The van der Waals surface area contributed by atoms with Gasteiger partial charge < -0.3 is 9.80 Å². The van der Waals surface area contributed by atoms with Crippen LogP contribution >= 0.6 is 0 Å². The number of halogens is 4. The Bertz CT molecular complexity index is 1020. The van der Waals surface area contributed by atoms with E-state index in [1.54, 1.807) is 24.4 Å². The molecule has 6 nitrogen and oxygen atoms in total. The van der Waals surface area contributed by atoms with Crippen LogP contribution in [0.15, 0.2) is 47.9 Å². The van der Waals surface area contributed by atoms with E-state index in [1.165, 1.54) is 13.0 Å². The minimum Gasteiger partial charge on any atom is -0.354 e. The van der Waals surface area contributed by atoms with Crippen LogP contribution in [0, 0.1) is 12.7 Å². The summed E-state index contributed by atoms with van der Waals surface area (Å²) in [7, 11) is 1.87. The molecule has 0 fully saturated rings. The number of rotatable bonds is 4. The van der Waals surface area contributed by atoms with Crippen molar-refractivity contribution in [3.63, 3.8) is 0 Å². The van der Waals surface area contributed by atoms with Crippen molar-refractivity contribution >= 4 is 11.4 Å². The Morgan fingerprint density at radius 2 is 1.90 bits per heavy atom. The van der Waals surface area contributed by atoms with Crippen LogP contribution in [0.5, 0.6) is 0 Å². The molecule has 29 heavy (non-hydrogen) atoms. The van der Waals surface area contributed by atoms with Gasteiger partial charge in [0.15, 0.2) is 0 Å². The summed E-state index contributed by atoms with van der Waals surface area (Å²) in [5.74, 6) is -0.102. The Morgan fingerprint density at radius 1 is 1.14 bits per heavy atom. The lowest BCUT2D eigenvalue weighted by molar-refractivity contribution is -0.143. The number of alkyl halides is 3. The fourth-order valence-corrected chi connectivity index (χ4v) is 3.38. The summed E-state index contributed by atoms with van der Waals surface area (Å²) >= 11 is 0. The molecule has 2 aliphatic heterocycles. The molecule has 1 aromatic carbocycles. The highest BCUT2D eigenvalue weighted by molar-refractivity contribution is 5.97. The van der Waals surface area contributed by atoms with Crippen LogP contribution in [0.4, 0.5) is 17.6 Å². The zero-order valence-electron chi connectivity index (χ0n) is 15.7. The van der Waals surface area contributed by atoms with Crippen molar-refractivity contribution in [2.75, 3.05) is 7.05 Å². The van der Waals surface area contributed by atoms with Crippen molar-refractivity contribution in [1.29, 1.82) is 0 Å². The first-order valence-corrected chi connectivity index (χ1v) is 8.90. The molecular formula is C19H18F4N6. The van der Waals surface area contributed by atoms with Crippen LogP contribution in [-0.4, -0.2) is 49.7 Å². The zero-order chi connectivity index (χ0) is 20.8. The van der Waals surface area contributed by atoms with Crippen LogP contribution in [-0.2, 0) is 13.0 Å². The van der Waals surface area contributed by atoms with E-state index in [2.05, 4.69) is 15.1 Å². The van der Waals surface area contributed by atoms with E-state index in [0.717, 1.165) is 4.68 Å². The molecule has 3 heterocycles. The highest BCUT2D eigenvalue weighted by atomic mass is 19.4. The molecule has 1 unspecified atom stereocenters. The molecule has 1 atom stereocenters. The maximum atomic E-state index is 14.2. The molecule has 2 aromatic rings. The van der Waals surface area contributed by atoms with Gasteiger partial charge in [0, 0.05) is 32.1 Å². The first-order valence-electron chi connectivity index (χ1n) is 8.90. The first kappa shape index (κ1) is 19.2. The number of aromatic nitrogens is 3. The standard InChI is InChI=1S/C19H18F4N6/c1-12-24-17(26-29(12)11-19(21,22)23)16-10-28-8-7-27(2)18(28)15(25-16)9-13-5-3-4-6-14(13)20/h3-8,10,18H,9,11H2,1-2H3. The van der Waals surface area contributed by atoms with Gasteiger partial charge in [0.1, 0.15) is 30.0 Å². The highest BCUT2D eigenvalue weighted by Gasteiger charge is 2.34. The second-order valence-electron chi connectivity index (χ2n) is 6.93. The van der Waals surface area contributed by atoms with Crippen LogP contribution in [0.2, 0.25) is 0 Å². The third-order valence-corrected chi connectivity index (χ3v) is 4.72. The van der Waals surface area contributed by atoms with Crippen LogP contribution in [0.25, 0.3) is 5.70 Å². The van der Waals surface area contributed by atoms with Crippen LogP contribution < -0.4 is 0 Å². The van der Waals surface area contributed by atoms with Gasteiger partial charge in [-0.1, -0.05) is 18.2 Å². The van der Waals surface area contributed by atoms with Gasteiger partial charge in [0.05, 0.1) is 5.71 Å². The molecule has 0 amide bonds. The lowest BCUT2D eigenvalue weighted by atomic mass is 10.0. The summed E-state index contributed by atoms with van der Waals surface area (Å²) < 4.78 is 53.2. The van der Waals surface area contributed by atoms with Crippen molar-refractivity contribution in [1.82, 2.24) is 24.6 Å². The van der Waals surface area contributed by atoms with Gasteiger partial charge in [-0.15, -0.1) is 5.10 Å². The topological polar surface area (TPSA) is 49.6 Å². The number of hydrogen-bond donors (Lipinski definition) is 0. The maximum absolute atomic E-state index is 14.2. The second kappa shape index (κ2) is 7.02. The van der Waals surface area contributed by atoms with Crippen molar-refractivity contribution < 1.29 is 17.6 Å². The van der Waals surface area contributed by atoms with Gasteiger partial charge in [-0.3, -0.25) is 0 Å². The van der Waals surface area contributed by atoms with E-state index in [4.69, 9.17) is 0 Å². The summed E-state index contributed by atoms with van der Waals surface area (Å²) in [6.07, 6.45) is 0.961. The number of hydrogen-bond acceptors (Lipinski definition) is 5. The lowest BCUT2D eigenvalue weighted by Gasteiger charge is -2.32. The van der Waals surface area contributed by atoms with E-state index >= 15 is 0 Å². The van der Waals surface area contributed by atoms with E-state index in [-0.39, 0.29) is 30.1 Å². The molecule has 0 radical (unpaired) electrons. The SMILES string of the molecule is Cc1nc(C2=CN3C=CN(C)C3C(Cc3ccccc3F)=N2)nn1CC(F)(F)F. The van der Waals surface area contributed by atoms with Crippen LogP contribution in [0.3, 0.4) is 0 Å². The van der Waals surface area contributed by atoms with E-state index < -0.39 is 12.7 Å².